The van der Waals surface area contributed by atoms with Gasteiger partial charge in [0.2, 0.25) is 0 Å². The zero-order valence-corrected chi connectivity index (χ0v) is 15.0. The van der Waals surface area contributed by atoms with E-state index in [-0.39, 0.29) is 0 Å². The van der Waals surface area contributed by atoms with Crippen LogP contribution in [0.15, 0.2) is 102 Å². The summed E-state index contributed by atoms with van der Waals surface area (Å²) in [5.74, 6) is 0. The fraction of sp³-hybridized carbons (Fsp3) is 0.200. The van der Waals surface area contributed by atoms with Crippen LogP contribution in [0.2, 0.25) is 0 Å². The van der Waals surface area contributed by atoms with Crippen molar-refractivity contribution in [3.8, 4) is 0 Å². The van der Waals surface area contributed by atoms with Gasteiger partial charge in [-0.3, -0.25) is 0 Å². The van der Waals surface area contributed by atoms with Gasteiger partial charge in [-0.15, -0.1) is 0 Å². The van der Waals surface area contributed by atoms with Gasteiger partial charge in [-0.05, 0) is 42.4 Å². The van der Waals surface area contributed by atoms with Crippen molar-refractivity contribution in [2.45, 2.75) is 32.6 Å². The summed E-state index contributed by atoms with van der Waals surface area (Å²) in [6.07, 6.45) is 4.22. The molecule has 0 heteroatoms. The second-order valence-corrected chi connectivity index (χ2v) is 6.55. The molecule has 0 saturated heterocycles. The second-order valence-electron chi connectivity index (χ2n) is 6.55. The summed E-state index contributed by atoms with van der Waals surface area (Å²) in [5, 5.41) is 0. The molecule has 126 valence electrons. The van der Waals surface area contributed by atoms with Crippen LogP contribution >= 0.6 is 0 Å². The van der Waals surface area contributed by atoms with Crippen LogP contribution in [0.5, 0.6) is 0 Å². The van der Waals surface area contributed by atoms with Crippen molar-refractivity contribution < 1.29 is 0 Å². The quantitative estimate of drug-likeness (QED) is 0.439. The van der Waals surface area contributed by atoms with E-state index in [1.807, 2.05) is 0 Å². The monoisotopic (exact) mass is 326 g/mol. The van der Waals surface area contributed by atoms with Gasteiger partial charge in [-0.2, -0.15) is 0 Å². The maximum atomic E-state index is 2.29. The SMILES string of the molecule is CCC(Cc1ccccc1)=C(Cc1ccccc1)Cc1ccccc1. The van der Waals surface area contributed by atoms with E-state index in [0.717, 1.165) is 25.7 Å². The normalized spacial score (nSPS) is 10.4. The van der Waals surface area contributed by atoms with E-state index >= 15 is 0 Å². The van der Waals surface area contributed by atoms with Gasteiger partial charge >= 0.3 is 0 Å². The Morgan fingerprint density at radius 2 is 0.800 bits per heavy atom. The number of benzene rings is 3. The van der Waals surface area contributed by atoms with Crippen LogP contribution in [0.1, 0.15) is 30.0 Å². The lowest BCUT2D eigenvalue weighted by Crippen LogP contribution is -2.03. The lowest BCUT2D eigenvalue weighted by molar-refractivity contribution is 0.903. The first-order valence-electron chi connectivity index (χ1n) is 9.16. The van der Waals surface area contributed by atoms with Crippen molar-refractivity contribution in [1.29, 1.82) is 0 Å². The molecule has 0 aliphatic carbocycles. The van der Waals surface area contributed by atoms with E-state index in [9.17, 15) is 0 Å². The summed E-state index contributed by atoms with van der Waals surface area (Å²) < 4.78 is 0. The van der Waals surface area contributed by atoms with Gasteiger partial charge in [-0.25, -0.2) is 0 Å². The summed E-state index contributed by atoms with van der Waals surface area (Å²) in [5.41, 5.74) is 7.32. The van der Waals surface area contributed by atoms with Gasteiger partial charge in [0, 0.05) is 0 Å². The number of hydrogen-bond donors (Lipinski definition) is 0. The van der Waals surface area contributed by atoms with Gasteiger partial charge in [0.1, 0.15) is 0 Å². The molecule has 0 fully saturated rings. The van der Waals surface area contributed by atoms with Crippen molar-refractivity contribution in [2.24, 2.45) is 0 Å². The fourth-order valence-electron chi connectivity index (χ4n) is 3.34. The van der Waals surface area contributed by atoms with Gasteiger partial charge in [0.05, 0.1) is 0 Å². The topological polar surface area (TPSA) is 0 Å². The van der Waals surface area contributed by atoms with E-state index in [4.69, 9.17) is 0 Å². The average Bonchev–Trinajstić information content (AvgIpc) is 2.68. The molecule has 0 aliphatic heterocycles. The van der Waals surface area contributed by atoms with E-state index in [2.05, 4.69) is 97.9 Å². The van der Waals surface area contributed by atoms with Crippen molar-refractivity contribution in [2.75, 3.05) is 0 Å². The molecule has 0 spiro atoms. The minimum Gasteiger partial charge on any atom is -0.0662 e. The number of rotatable bonds is 7. The minimum atomic E-state index is 1.03. The molecule has 3 aromatic carbocycles. The van der Waals surface area contributed by atoms with Crippen LogP contribution in [0, 0.1) is 0 Å². The maximum absolute atomic E-state index is 2.29. The molecule has 3 aromatic rings. The molecule has 0 amide bonds. The zero-order valence-electron chi connectivity index (χ0n) is 15.0. The third-order valence-corrected chi connectivity index (χ3v) is 4.71. The molecule has 0 radical (unpaired) electrons. The molecule has 0 unspecified atom stereocenters. The Bertz CT molecular complexity index is 740. The number of hydrogen-bond acceptors (Lipinski definition) is 0. The summed E-state index contributed by atoms with van der Waals surface area (Å²) in [7, 11) is 0. The predicted molar refractivity (Wildman–Crippen MR) is 108 cm³/mol. The van der Waals surface area contributed by atoms with Crippen LogP contribution in [0.3, 0.4) is 0 Å². The van der Waals surface area contributed by atoms with Crippen molar-refractivity contribution in [3.63, 3.8) is 0 Å². The average molecular weight is 326 g/mol. The first kappa shape index (κ1) is 17.2. The standard InChI is InChI=1S/C25H26/c1-2-24(18-21-12-6-3-7-13-21)25(19-22-14-8-4-9-15-22)20-23-16-10-5-11-17-23/h3-17H,2,18-20H2,1H3. The maximum Gasteiger partial charge on any atom is -0.00610 e. The molecule has 0 aromatic heterocycles. The lowest BCUT2D eigenvalue weighted by atomic mass is 9.89. The molecular formula is C25H26. The van der Waals surface area contributed by atoms with Crippen LogP contribution in [-0.2, 0) is 19.3 Å². The fourth-order valence-corrected chi connectivity index (χ4v) is 3.34. The summed E-state index contributed by atoms with van der Waals surface area (Å²) in [6, 6.07) is 32.5. The first-order valence-corrected chi connectivity index (χ1v) is 9.16. The summed E-state index contributed by atoms with van der Waals surface area (Å²) in [4.78, 5) is 0. The van der Waals surface area contributed by atoms with E-state index in [1.165, 1.54) is 16.7 Å². The van der Waals surface area contributed by atoms with Gasteiger partial charge in [0.15, 0.2) is 0 Å². The molecule has 3 rings (SSSR count). The number of allylic oxidation sites excluding steroid dienone is 2. The highest BCUT2D eigenvalue weighted by Crippen LogP contribution is 2.23. The Hall–Kier alpha value is -2.60. The molecule has 0 bridgehead atoms. The molecule has 0 N–H and O–H groups in total. The second kappa shape index (κ2) is 9.03. The van der Waals surface area contributed by atoms with Crippen molar-refractivity contribution in [3.05, 3.63) is 119 Å². The Kier molecular flexibility index (Phi) is 6.23. The van der Waals surface area contributed by atoms with Crippen LogP contribution in [0.4, 0.5) is 0 Å². The highest BCUT2D eigenvalue weighted by Gasteiger charge is 2.09. The molecular weight excluding hydrogens is 300 g/mol. The summed E-state index contributed by atoms with van der Waals surface area (Å²) >= 11 is 0. The Morgan fingerprint density at radius 1 is 0.480 bits per heavy atom. The largest absolute Gasteiger partial charge is 0.0662 e. The van der Waals surface area contributed by atoms with Crippen LogP contribution in [0.25, 0.3) is 0 Å². The Labute approximate surface area is 151 Å². The molecule has 0 saturated carbocycles. The first-order chi connectivity index (χ1) is 12.3. The van der Waals surface area contributed by atoms with E-state index < -0.39 is 0 Å². The van der Waals surface area contributed by atoms with Crippen molar-refractivity contribution >= 4 is 0 Å². The van der Waals surface area contributed by atoms with Crippen LogP contribution < -0.4 is 0 Å². The van der Waals surface area contributed by atoms with Gasteiger partial charge < -0.3 is 0 Å². The lowest BCUT2D eigenvalue weighted by Gasteiger charge is -2.16. The zero-order chi connectivity index (χ0) is 17.3. The third-order valence-electron chi connectivity index (χ3n) is 4.71. The van der Waals surface area contributed by atoms with Gasteiger partial charge in [0.25, 0.3) is 0 Å². The highest BCUT2D eigenvalue weighted by atomic mass is 14.1. The highest BCUT2D eigenvalue weighted by molar-refractivity contribution is 5.33. The predicted octanol–water partition coefficient (Wildman–Crippen LogP) is 6.42. The smallest absolute Gasteiger partial charge is 0.00610 e. The molecule has 0 nitrogen and oxygen atoms in total. The molecule has 0 aliphatic rings. The molecule has 25 heavy (non-hydrogen) atoms. The Balaban J connectivity index is 1.91. The Morgan fingerprint density at radius 3 is 1.12 bits per heavy atom. The molecule has 0 heterocycles. The molecule has 0 atom stereocenters. The van der Waals surface area contributed by atoms with Crippen LogP contribution in [-0.4, -0.2) is 0 Å². The van der Waals surface area contributed by atoms with E-state index in [0.29, 0.717) is 0 Å². The minimum absolute atomic E-state index is 1.03. The van der Waals surface area contributed by atoms with Gasteiger partial charge in [-0.1, -0.05) is 109 Å². The van der Waals surface area contributed by atoms with Crippen molar-refractivity contribution in [1.82, 2.24) is 0 Å². The van der Waals surface area contributed by atoms with E-state index in [1.54, 1.807) is 11.1 Å². The third kappa shape index (κ3) is 5.19. The summed E-state index contributed by atoms with van der Waals surface area (Å²) in [6.45, 7) is 2.29.